The van der Waals surface area contributed by atoms with Gasteiger partial charge in [-0.2, -0.15) is 0 Å². The minimum absolute atomic E-state index is 0.0366. The molecule has 1 aromatic rings. The monoisotopic (exact) mass is 292 g/mol. The van der Waals surface area contributed by atoms with E-state index in [1.165, 1.54) is 6.20 Å². The SMILES string of the molecule is CN(CC1CCCCO1)C(=O)c1ccc(C(N)=NO)cn1. The van der Waals surface area contributed by atoms with Crippen LogP contribution >= 0.6 is 0 Å². The molecular formula is C14H20N4O3. The zero-order valence-electron chi connectivity index (χ0n) is 12.0. The van der Waals surface area contributed by atoms with E-state index in [-0.39, 0.29) is 17.8 Å². The van der Waals surface area contributed by atoms with Gasteiger partial charge in [0, 0.05) is 32.0 Å². The molecule has 0 saturated carbocycles. The molecule has 7 nitrogen and oxygen atoms in total. The first-order valence-electron chi connectivity index (χ1n) is 6.93. The number of carbonyl (C=O) groups is 1. The highest BCUT2D eigenvalue weighted by Gasteiger charge is 2.20. The minimum atomic E-state index is -0.171. The molecular weight excluding hydrogens is 272 g/mol. The van der Waals surface area contributed by atoms with Crippen molar-refractivity contribution >= 4 is 11.7 Å². The van der Waals surface area contributed by atoms with Gasteiger partial charge < -0.3 is 20.6 Å². The van der Waals surface area contributed by atoms with Crippen molar-refractivity contribution in [2.24, 2.45) is 10.9 Å². The molecule has 1 fully saturated rings. The Labute approximate surface area is 123 Å². The second-order valence-corrected chi connectivity index (χ2v) is 5.09. The fourth-order valence-electron chi connectivity index (χ4n) is 2.26. The van der Waals surface area contributed by atoms with Gasteiger partial charge in [0.05, 0.1) is 6.10 Å². The van der Waals surface area contributed by atoms with Gasteiger partial charge in [-0.25, -0.2) is 0 Å². The standard InChI is InChI=1S/C14H20N4O3/c1-18(9-11-4-2-3-7-21-11)14(19)12-6-5-10(8-16-12)13(15)17-20/h5-6,8,11,20H,2-4,7,9H2,1H3,(H2,15,17). The van der Waals surface area contributed by atoms with Gasteiger partial charge >= 0.3 is 0 Å². The van der Waals surface area contributed by atoms with Crippen molar-refractivity contribution < 1.29 is 14.7 Å². The Hall–Kier alpha value is -2.15. The third-order valence-corrected chi connectivity index (χ3v) is 3.48. The molecule has 1 aliphatic heterocycles. The lowest BCUT2D eigenvalue weighted by atomic mass is 10.1. The molecule has 1 atom stereocenters. The van der Waals surface area contributed by atoms with Gasteiger partial charge in [0.25, 0.3) is 5.91 Å². The van der Waals surface area contributed by atoms with Crippen LogP contribution < -0.4 is 5.73 Å². The van der Waals surface area contributed by atoms with Crippen LogP contribution in [0.15, 0.2) is 23.5 Å². The van der Waals surface area contributed by atoms with Crippen LogP contribution in [0.1, 0.15) is 35.3 Å². The zero-order valence-corrected chi connectivity index (χ0v) is 12.0. The summed E-state index contributed by atoms with van der Waals surface area (Å²) in [4.78, 5) is 17.9. The maximum atomic E-state index is 12.3. The first kappa shape index (κ1) is 15.2. The van der Waals surface area contributed by atoms with Gasteiger partial charge in [-0.05, 0) is 31.4 Å². The Bertz CT molecular complexity index is 509. The molecule has 0 aromatic carbocycles. The van der Waals surface area contributed by atoms with Gasteiger partial charge in [-0.15, -0.1) is 0 Å². The average Bonchev–Trinajstić information content (AvgIpc) is 2.54. The lowest BCUT2D eigenvalue weighted by molar-refractivity contribution is -0.000289. The molecule has 3 N–H and O–H groups in total. The van der Waals surface area contributed by atoms with Gasteiger partial charge in [-0.3, -0.25) is 9.78 Å². The van der Waals surface area contributed by atoms with Crippen molar-refractivity contribution in [3.8, 4) is 0 Å². The van der Waals surface area contributed by atoms with Crippen LogP contribution in [0.3, 0.4) is 0 Å². The summed E-state index contributed by atoms with van der Waals surface area (Å²) in [6.45, 7) is 1.32. The molecule has 0 bridgehead atoms. The number of aromatic nitrogens is 1. The van der Waals surface area contributed by atoms with Crippen molar-refractivity contribution in [2.45, 2.75) is 25.4 Å². The number of oxime groups is 1. The molecule has 2 rings (SSSR count). The van der Waals surface area contributed by atoms with E-state index < -0.39 is 0 Å². The number of rotatable bonds is 4. The number of nitrogens with zero attached hydrogens (tertiary/aromatic N) is 3. The molecule has 0 radical (unpaired) electrons. The summed E-state index contributed by atoms with van der Waals surface area (Å²) >= 11 is 0. The van der Waals surface area contributed by atoms with Crippen LogP contribution in [0, 0.1) is 0 Å². The van der Waals surface area contributed by atoms with Crippen LogP contribution in [-0.4, -0.2) is 53.1 Å². The predicted molar refractivity (Wildman–Crippen MR) is 77.3 cm³/mol. The maximum Gasteiger partial charge on any atom is 0.272 e. The summed E-state index contributed by atoms with van der Waals surface area (Å²) in [5, 5.41) is 11.5. The number of pyridine rings is 1. The van der Waals surface area contributed by atoms with E-state index in [9.17, 15) is 4.79 Å². The Balaban J connectivity index is 1.98. The Morgan fingerprint density at radius 2 is 2.38 bits per heavy atom. The van der Waals surface area contributed by atoms with E-state index >= 15 is 0 Å². The number of likely N-dealkylation sites (N-methyl/N-ethyl adjacent to an activating group) is 1. The number of ether oxygens (including phenoxy) is 1. The average molecular weight is 292 g/mol. The first-order valence-corrected chi connectivity index (χ1v) is 6.93. The van der Waals surface area contributed by atoms with E-state index in [0.29, 0.717) is 17.8 Å². The van der Waals surface area contributed by atoms with Gasteiger partial charge in [0.2, 0.25) is 0 Å². The van der Waals surface area contributed by atoms with Crippen LogP contribution in [-0.2, 0) is 4.74 Å². The molecule has 21 heavy (non-hydrogen) atoms. The summed E-state index contributed by atoms with van der Waals surface area (Å²) in [5.41, 5.74) is 6.24. The topological polar surface area (TPSA) is 101 Å². The maximum absolute atomic E-state index is 12.3. The molecule has 7 heteroatoms. The highest BCUT2D eigenvalue weighted by Crippen LogP contribution is 2.14. The van der Waals surface area contributed by atoms with Crippen molar-refractivity contribution in [1.29, 1.82) is 0 Å². The van der Waals surface area contributed by atoms with E-state index in [1.54, 1.807) is 24.1 Å². The lowest BCUT2D eigenvalue weighted by Gasteiger charge is -2.27. The van der Waals surface area contributed by atoms with Crippen LogP contribution in [0.25, 0.3) is 0 Å². The molecule has 2 heterocycles. The van der Waals surface area contributed by atoms with E-state index in [0.717, 1.165) is 25.9 Å². The molecule has 114 valence electrons. The highest BCUT2D eigenvalue weighted by molar-refractivity contribution is 5.98. The van der Waals surface area contributed by atoms with Crippen molar-refractivity contribution in [3.05, 3.63) is 29.6 Å². The van der Waals surface area contributed by atoms with Crippen LogP contribution in [0.2, 0.25) is 0 Å². The van der Waals surface area contributed by atoms with Crippen molar-refractivity contribution in [2.75, 3.05) is 20.2 Å². The number of nitrogens with two attached hydrogens (primary N) is 1. The minimum Gasteiger partial charge on any atom is -0.409 e. The van der Waals surface area contributed by atoms with Crippen molar-refractivity contribution in [1.82, 2.24) is 9.88 Å². The number of amidine groups is 1. The van der Waals surface area contributed by atoms with E-state index in [4.69, 9.17) is 15.7 Å². The largest absolute Gasteiger partial charge is 0.409 e. The number of hydrogen-bond acceptors (Lipinski definition) is 5. The number of amides is 1. The molecule has 1 saturated heterocycles. The van der Waals surface area contributed by atoms with Gasteiger partial charge in [-0.1, -0.05) is 5.16 Å². The summed E-state index contributed by atoms with van der Waals surface area (Å²) in [6.07, 6.45) is 4.72. The zero-order chi connectivity index (χ0) is 15.2. The van der Waals surface area contributed by atoms with Crippen LogP contribution in [0.4, 0.5) is 0 Å². The van der Waals surface area contributed by atoms with E-state index in [2.05, 4.69) is 10.1 Å². The van der Waals surface area contributed by atoms with Gasteiger partial charge in [0.15, 0.2) is 5.84 Å². The molecule has 0 aliphatic carbocycles. The Morgan fingerprint density at radius 3 is 2.95 bits per heavy atom. The fourth-order valence-corrected chi connectivity index (χ4v) is 2.26. The molecule has 1 unspecified atom stereocenters. The van der Waals surface area contributed by atoms with E-state index in [1.807, 2.05) is 0 Å². The fraction of sp³-hybridized carbons (Fsp3) is 0.500. The summed E-state index contributed by atoms with van der Waals surface area (Å²) < 4.78 is 5.63. The molecule has 1 amide bonds. The molecule has 1 aliphatic rings. The van der Waals surface area contributed by atoms with Gasteiger partial charge in [0.1, 0.15) is 5.69 Å². The van der Waals surface area contributed by atoms with Crippen LogP contribution in [0.5, 0.6) is 0 Å². The molecule has 1 aromatic heterocycles. The second-order valence-electron chi connectivity index (χ2n) is 5.09. The smallest absolute Gasteiger partial charge is 0.272 e. The summed E-state index contributed by atoms with van der Waals surface area (Å²) in [5.74, 6) is -0.208. The predicted octanol–water partition coefficient (Wildman–Crippen LogP) is 0.817. The number of hydrogen-bond donors (Lipinski definition) is 2. The Kier molecular flexibility index (Phi) is 5.10. The van der Waals surface area contributed by atoms with Crippen molar-refractivity contribution in [3.63, 3.8) is 0 Å². The third kappa shape index (κ3) is 3.91. The second kappa shape index (κ2) is 7.03. The highest BCUT2D eigenvalue weighted by atomic mass is 16.5. The number of carbonyl (C=O) groups excluding carboxylic acids is 1. The Morgan fingerprint density at radius 1 is 1.57 bits per heavy atom. The molecule has 0 spiro atoms. The normalized spacial score (nSPS) is 19.3. The third-order valence-electron chi connectivity index (χ3n) is 3.48. The summed E-state index contributed by atoms with van der Waals surface area (Å²) in [6, 6.07) is 3.16. The first-order chi connectivity index (χ1) is 10.1. The lowest BCUT2D eigenvalue weighted by Crippen LogP contribution is -2.37. The quantitative estimate of drug-likeness (QED) is 0.370. The summed E-state index contributed by atoms with van der Waals surface area (Å²) in [7, 11) is 1.74.